The quantitative estimate of drug-likeness (QED) is 0.703. The van der Waals surface area contributed by atoms with E-state index in [4.69, 9.17) is 0 Å². The summed E-state index contributed by atoms with van der Waals surface area (Å²) in [6.07, 6.45) is 1.64. The first-order valence-corrected chi connectivity index (χ1v) is 8.28. The molecule has 2 heterocycles. The van der Waals surface area contributed by atoms with E-state index in [-0.39, 0.29) is 34.9 Å². The Hall–Kier alpha value is -1.73. The highest BCUT2D eigenvalue weighted by atomic mass is 16.3. The van der Waals surface area contributed by atoms with Crippen molar-refractivity contribution in [2.75, 3.05) is 13.1 Å². The number of hydrogen-bond donors (Lipinski definition) is 3. The van der Waals surface area contributed by atoms with Crippen LogP contribution in [0.25, 0.3) is 0 Å². The molecule has 0 radical (unpaired) electrons. The average Bonchev–Trinajstić information content (AvgIpc) is 3.28. The standard InChI is InChI=1S/C16H21N3O4/c20-12-3-9-6-19(7-10(9)4-13(12)21)16(23)11-5-14(22)18-15(17-11)8-1-2-8/h5,8-10,12-13,20-21H,1-4,6-7H2,(H,17,18,22). The molecule has 1 aromatic rings. The predicted molar refractivity (Wildman–Crippen MR) is 81.0 cm³/mol. The Kier molecular flexibility index (Phi) is 3.50. The number of carbonyl (C=O) groups excluding carboxylic acids is 1. The van der Waals surface area contributed by atoms with Crippen molar-refractivity contribution in [3.05, 3.63) is 27.9 Å². The molecule has 1 amide bonds. The van der Waals surface area contributed by atoms with Crippen molar-refractivity contribution in [2.45, 2.75) is 43.8 Å². The zero-order chi connectivity index (χ0) is 16.1. The van der Waals surface area contributed by atoms with Gasteiger partial charge in [0.2, 0.25) is 0 Å². The minimum atomic E-state index is -0.703. The molecular formula is C16H21N3O4. The van der Waals surface area contributed by atoms with E-state index < -0.39 is 12.2 Å². The summed E-state index contributed by atoms with van der Waals surface area (Å²) in [6, 6.07) is 1.26. The number of hydrogen-bond acceptors (Lipinski definition) is 5. The molecule has 2 aliphatic carbocycles. The normalized spacial score (nSPS) is 33.6. The van der Waals surface area contributed by atoms with Gasteiger partial charge < -0.3 is 20.1 Å². The molecule has 23 heavy (non-hydrogen) atoms. The van der Waals surface area contributed by atoms with Crippen molar-refractivity contribution >= 4 is 5.91 Å². The maximum Gasteiger partial charge on any atom is 0.272 e. The van der Waals surface area contributed by atoms with Gasteiger partial charge in [0.25, 0.3) is 11.5 Å². The molecule has 0 aromatic carbocycles. The van der Waals surface area contributed by atoms with Gasteiger partial charge in [0, 0.05) is 25.1 Å². The number of nitrogens with one attached hydrogen (secondary N) is 1. The highest BCUT2D eigenvalue weighted by Gasteiger charge is 2.43. The number of rotatable bonds is 2. The predicted octanol–water partition coefficient (Wildman–Crippen LogP) is -0.149. The number of amides is 1. The van der Waals surface area contributed by atoms with Crippen LogP contribution in [0.3, 0.4) is 0 Å². The van der Waals surface area contributed by atoms with Crippen LogP contribution in [-0.2, 0) is 0 Å². The lowest BCUT2D eigenvalue weighted by Crippen LogP contribution is -2.38. The van der Waals surface area contributed by atoms with Gasteiger partial charge in [-0.2, -0.15) is 0 Å². The van der Waals surface area contributed by atoms with Crippen molar-refractivity contribution in [3.63, 3.8) is 0 Å². The number of aromatic nitrogens is 2. The third-order valence-electron chi connectivity index (χ3n) is 5.34. The average molecular weight is 319 g/mol. The number of H-pyrrole nitrogens is 1. The molecule has 124 valence electrons. The summed E-state index contributed by atoms with van der Waals surface area (Å²) in [6.45, 7) is 1.11. The molecule has 1 aromatic heterocycles. The highest BCUT2D eigenvalue weighted by molar-refractivity contribution is 5.92. The van der Waals surface area contributed by atoms with Gasteiger partial charge in [0.15, 0.2) is 0 Å². The van der Waals surface area contributed by atoms with Crippen molar-refractivity contribution in [3.8, 4) is 0 Å². The lowest BCUT2D eigenvalue weighted by molar-refractivity contribution is -0.0372. The second-order valence-corrected chi connectivity index (χ2v) is 7.13. The van der Waals surface area contributed by atoms with Gasteiger partial charge in [0.1, 0.15) is 11.5 Å². The van der Waals surface area contributed by atoms with Gasteiger partial charge in [0.05, 0.1) is 12.2 Å². The van der Waals surface area contributed by atoms with Crippen LogP contribution < -0.4 is 5.56 Å². The van der Waals surface area contributed by atoms with E-state index in [1.54, 1.807) is 4.90 Å². The SMILES string of the molecule is O=C(c1cc(=O)[nH]c(C2CC2)n1)N1CC2CC(O)C(O)CC2C1. The lowest BCUT2D eigenvalue weighted by Gasteiger charge is -2.31. The van der Waals surface area contributed by atoms with Gasteiger partial charge >= 0.3 is 0 Å². The summed E-state index contributed by atoms with van der Waals surface area (Å²) in [5.41, 5.74) is -0.0805. The summed E-state index contributed by atoms with van der Waals surface area (Å²) < 4.78 is 0. The summed E-state index contributed by atoms with van der Waals surface area (Å²) in [4.78, 5) is 33.2. The largest absolute Gasteiger partial charge is 0.390 e. The van der Waals surface area contributed by atoms with Crippen molar-refractivity contribution in [2.24, 2.45) is 11.8 Å². The number of fused-ring (bicyclic) bond motifs is 1. The topological polar surface area (TPSA) is 107 Å². The van der Waals surface area contributed by atoms with Crippen LogP contribution in [0.2, 0.25) is 0 Å². The monoisotopic (exact) mass is 319 g/mol. The zero-order valence-corrected chi connectivity index (χ0v) is 12.8. The van der Waals surface area contributed by atoms with Crippen molar-refractivity contribution in [1.29, 1.82) is 0 Å². The molecule has 3 N–H and O–H groups in total. The fourth-order valence-corrected chi connectivity index (χ4v) is 3.87. The van der Waals surface area contributed by atoms with Crippen LogP contribution in [0.5, 0.6) is 0 Å². The van der Waals surface area contributed by atoms with Gasteiger partial charge in [-0.3, -0.25) is 9.59 Å². The van der Waals surface area contributed by atoms with Crippen LogP contribution in [-0.4, -0.2) is 56.3 Å². The smallest absolute Gasteiger partial charge is 0.272 e. The molecular weight excluding hydrogens is 298 g/mol. The fraction of sp³-hybridized carbons (Fsp3) is 0.688. The first-order valence-electron chi connectivity index (χ1n) is 8.28. The molecule has 4 atom stereocenters. The van der Waals surface area contributed by atoms with E-state index in [2.05, 4.69) is 9.97 Å². The van der Waals surface area contributed by atoms with Crippen molar-refractivity contribution < 1.29 is 15.0 Å². The van der Waals surface area contributed by atoms with Crippen molar-refractivity contribution in [1.82, 2.24) is 14.9 Å². The van der Waals surface area contributed by atoms with Crippen LogP contribution in [0, 0.1) is 11.8 Å². The Bertz CT molecular complexity index is 666. The van der Waals surface area contributed by atoms with E-state index >= 15 is 0 Å². The zero-order valence-electron chi connectivity index (χ0n) is 12.8. The second kappa shape index (κ2) is 5.42. The molecule has 3 fully saturated rings. The number of aliphatic hydroxyl groups is 2. The Labute approximate surface area is 133 Å². The van der Waals surface area contributed by atoms with Gasteiger partial charge in [-0.15, -0.1) is 0 Å². The van der Waals surface area contributed by atoms with Gasteiger partial charge in [-0.1, -0.05) is 0 Å². The lowest BCUT2D eigenvalue weighted by atomic mass is 9.79. The maximum absolute atomic E-state index is 12.7. The molecule has 3 aliphatic rings. The summed E-state index contributed by atoms with van der Waals surface area (Å²) in [5.74, 6) is 1.09. The number of aromatic amines is 1. The molecule has 4 rings (SSSR count). The third-order valence-corrected chi connectivity index (χ3v) is 5.34. The van der Waals surface area contributed by atoms with E-state index in [9.17, 15) is 19.8 Å². The molecule has 1 saturated heterocycles. The minimum Gasteiger partial charge on any atom is -0.390 e. The Morgan fingerprint density at radius 2 is 1.78 bits per heavy atom. The first-order chi connectivity index (χ1) is 11.0. The Morgan fingerprint density at radius 1 is 1.17 bits per heavy atom. The molecule has 7 nitrogen and oxygen atoms in total. The number of aliphatic hydroxyl groups excluding tert-OH is 2. The minimum absolute atomic E-state index is 0.204. The Morgan fingerprint density at radius 3 is 2.35 bits per heavy atom. The van der Waals surface area contributed by atoms with E-state index in [1.165, 1.54) is 6.07 Å². The van der Waals surface area contributed by atoms with Gasteiger partial charge in [-0.05, 0) is 37.5 Å². The highest BCUT2D eigenvalue weighted by Crippen LogP contribution is 2.38. The molecule has 7 heteroatoms. The van der Waals surface area contributed by atoms with Crippen LogP contribution in [0.1, 0.15) is 47.9 Å². The molecule has 0 bridgehead atoms. The first kappa shape index (κ1) is 14.8. The molecule has 1 aliphatic heterocycles. The second-order valence-electron chi connectivity index (χ2n) is 7.13. The molecule has 4 unspecified atom stereocenters. The number of likely N-dealkylation sites (tertiary alicyclic amines) is 1. The summed E-state index contributed by atoms with van der Waals surface area (Å²) in [7, 11) is 0. The van der Waals surface area contributed by atoms with Gasteiger partial charge in [-0.25, -0.2) is 4.98 Å². The summed E-state index contributed by atoms with van der Waals surface area (Å²) >= 11 is 0. The van der Waals surface area contributed by atoms with Crippen LogP contribution in [0.4, 0.5) is 0 Å². The van der Waals surface area contributed by atoms with Crippen LogP contribution in [0.15, 0.2) is 10.9 Å². The number of nitrogens with zero attached hydrogens (tertiary/aromatic N) is 2. The van der Waals surface area contributed by atoms with E-state index in [1.807, 2.05) is 0 Å². The molecule has 0 spiro atoms. The maximum atomic E-state index is 12.7. The fourth-order valence-electron chi connectivity index (χ4n) is 3.87. The van der Waals surface area contributed by atoms with Crippen LogP contribution >= 0.6 is 0 Å². The Balaban J connectivity index is 1.53. The molecule has 2 saturated carbocycles. The van der Waals surface area contributed by atoms with E-state index in [0.717, 1.165) is 12.8 Å². The van der Waals surface area contributed by atoms with E-state index in [0.29, 0.717) is 31.8 Å². The summed E-state index contributed by atoms with van der Waals surface area (Å²) in [5, 5.41) is 19.6. The third kappa shape index (κ3) is 2.79. The number of carbonyl (C=O) groups is 1.